The molecule has 0 saturated carbocycles. The lowest BCUT2D eigenvalue weighted by Gasteiger charge is -2.08. The Balaban J connectivity index is 1.93. The Kier molecular flexibility index (Phi) is 4.21. The molecule has 0 aromatic carbocycles. The summed E-state index contributed by atoms with van der Waals surface area (Å²) in [6, 6.07) is 0. The number of hydrogen-bond donors (Lipinski definition) is 2. The summed E-state index contributed by atoms with van der Waals surface area (Å²) in [5, 5.41) is 0.275. The number of sulfonamides is 1. The van der Waals surface area contributed by atoms with Gasteiger partial charge < -0.3 is 10.5 Å². The molecule has 0 radical (unpaired) electrons. The van der Waals surface area contributed by atoms with E-state index in [0.29, 0.717) is 18.2 Å². The molecule has 0 aliphatic carbocycles. The van der Waals surface area contributed by atoms with Crippen LogP contribution in [0.3, 0.4) is 0 Å². The molecule has 8 heteroatoms. The molecule has 0 amide bonds. The number of rotatable bonds is 5. The van der Waals surface area contributed by atoms with E-state index in [0.717, 1.165) is 37.4 Å². The van der Waals surface area contributed by atoms with Gasteiger partial charge in [-0.1, -0.05) is 11.3 Å². The van der Waals surface area contributed by atoms with Crippen LogP contribution in [0.4, 0.5) is 5.13 Å². The normalized spacial score (nSPS) is 20.4. The minimum atomic E-state index is -3.48. The van der Waals surface area contributed by atoms with Gasteiger partial charge in [0.2, 0.25) is 0 Å². The average Bonchev–Trinajstić information content (AvgIpc) is 2.88. The number of nitrogens with two attached hydrogens (primary N) is 1. The summed E-state index contributed by atoms with van der Waals surface area (Å²) in [5.41, 5.74) is 5.96. The fourth-order valence-corrected chi connectivity index (χ4v) is 4.32. The predicted molar refractivity (Wildman–Crippen MR) is 70.0 cm³/mol. The number of anilines is 1. The summed E-state index contributed by atoms with van der Waals surface area (Å²) in [7, 11) is -3.48. The van der Waals surface area contributed by atoms with Gasteiger partial charge in [-0.15, -0.1) is 0 Å². The van der Waals surface area contributed by atoms with Gasteiger partial charge in [0.1, 0.15) is 0 Å². The molecule has 102 valence electrons. The SMILES string of the molecule is Cc1nc(N)sc1S(=O)(=O)NCCC1CCOC1. The molecule has 1 unspecified atom stereocenters. The first-order valence-electron chi connectivity index (χ1n) is 5.79. The minimum absolute atomic E-state index is 0.211. The third kappa shape index (κ3) is 3.19. The molecule has 1 aromatic heterocycles. The van der Waals surface area contributed by atoms with Gasteiger partial charge >= 0.3 is 0 Å². The molecule has 1 aliphatic rings. The lowest BCUT2D eigenvalue weighted by Crippen LogP contribution is -2.26. The topological polar surface area (TPSA) is 94.3 Å². The highest BCUT2D eigenvalue weighted by molar-refractivity contribution is 7.91. The first kappa shape index (κ1) is 13.7. The Morgan fingerprint density at radius 3 is 2.94 bits per heavy atom. The second kappa shape index (κ2) is 5.52. The lowest BCUT2D eigenvalue weighted by atomic mass is 10.1. The number of thiazole rings is 1. The van der Waals surface area contributed by atoms with E-state index in [2.05, 4.69) is 9.71 Å². The van der Waals surface area contributed by atoms with Gasteiger partial charge in [-0.25, -0.2) is 18.1 Å². The largest absolute Gasteiger partial charge is 0.381 e. The first-order chi connectivity index (χ1) is 8.49. The molecule has 3 N–H and O–H groups in total. The van der Waals surface area contributed by atoms with Crippen LogP contribution >= 0.6 is 11.3 Å². The maximum absolute atomic E-state index is 12.0. The lowest BCUT2D eigenvalue weighted by molar-refractivity contribution is 0.184. The van der Waals surface area contributed by atoms with E-state index in [9.17, 15) is 8.42 Å². The van der Waals surface area contributed by atoms with Gasteiger partial charge in [-0.2, -0.15) is 0 Å². The smallest absolute Gasteiger partial charge is 0.252 e. The van der Waals surface area contributed by atoms with Crippen molar-refractivity contribution in [2.45, 2.75) is 24.0 Å². The van der Waals surface area contributed by atoms with Crippen molar-refractivity contribution < 1.29 is 13.2 Å². The van der Waals surface area contributed by atoms with E-state index >= 15 is 0 Å². The van der Waals surface area contributed by atoms with Crippen molar-refractivity contribution in [1.29, 1.82) is 0 Å². The summed E-state index contributed by atoms with van der Waals surface area (Å²) < 4.78 is 32.1. The van der Waals surface area contributed by atoms with E-state index < -0.39 is 10.0 Å². The van der Waals surface area contributed by atoms with Crippen LogP contribution in [0, 0.1) is 12.8 Å². The van der Waals surface area contributed by atoms with E-state index in [1.807, 2.05) is 0 Å². The first-order valence-corrected chi connectivity index (χ1v) is 8.09. The number of aryl methyl sites for hydroxylation is 1. The third-order valence-corrected chi connectivity index (χ3v) is 5.94. The fraction of sp³-hybridized carbons (Fsp3) is 0.700. The molecule has 2 heterocycles. The van der Waals surface area contributed by atoms with E-state index in [1.54, 1.807) is 6.92 Å². The number of nitrogen functional groups attached to an aromatic ring is 1. The zero-order valence-corrected chi connectivity index (χ0v) is 11.8. The van der Waals surface area contributed by atoms with Crippen LogP contribution in [0.1, 0.15) is 18.5 Å². The molecule has 6 nitrogen and oxygen atoms in total. The Morgan fingerprint density at radius 2 is 2.39 bits per heavy atom. The summed E-state index contributed by atoms with van der Waals surface area (Å²) in [4.78, 5) is 3.92. The van der Waals surface area contributed by atoms with Crippen LogP contribution in [0.15, 0.2) is 4.21 Å². The van der Waals surface area contributed by atoms with Gasteiger partial charge in [0.05, 0.1) is 5.69 Å². The van der Waals surface area contributed by atoms with Crippen LogP contribution in [-0.2, 0) is 14.8 Å². The number of nitrogens with one attached hydrogen (secondary N) is 1. The van der Waals surface area contributed by atoms with Gasteiger partial charge in [-0.3, -0.25) is 0 Å². The molecule has 2 rings (SSSR count). The molecule has 1 saturated heterocycles. The van der Waals surface area contributed by atoms with Crippen LogP contribution in [0.5, 0.6) is 0 Å². The summed E-state index contributed by atoms with van der Waals surface area (Å²) in [6.07, 6.45) is 1.81. The standard InChI is InChI=1S/C10H17N3O3S2/c1-7-9(17-10(11)13-7)18(14,15)12-4-2-8-3-5-16-6-8/h8,12H,2-6H2,1H3,(H2,11,13). The van der Waals surface area contributed by atoms with Crippen LogP contribution in [-0.4, -0.2) is 33.2 Å². The van der Waals surface area contributed by atoms with Crippen molar-refractivity contribution in [3.05, 3.63) is 5.69 Å². The van der Waals surface area contributed by atoms with Gasteiger partial charge in [0.25, 0.3) is 10.0 Å². The number of ether oxygens (including phenoxy) is 1. The highest BCUT2D eigenvalue weighted by Gasteiger charge is 2.22. The van der Waals surface area contributed by atoms with E-state index in [-0.39, 0.29) is 9.34 Å². The van der Waals surface area contributed by atoms with Gasteiger partial charge in [-0.05, 0) is 25.7 Å². The zero-order valence-electron chi connectivity index (χ0n) is 10.2. The molecular weight excluding hydrogens is 274 g/mol. The van der Waals surface area contributed by atoms with Crippen LogP contribution in [0.2, 0.25) is 0 Å². The van der Waals surface area contributed by atoms with Crippen molar-refractivity contribution in [3.63, 3.8) is 0 Å². The van der Waals surface area contributed by atoms with Crippen molar-refractivity contribution in [2.24, 2.45) is 5.92 Å². The monoisotopic (exact) mass is 291 g/mol. The minimum Gasteiger partial charge on any atom is -0.381 e. The molecule has 0 bridgehead atoms. The Bertz CT molecular complexity index is 506. The van der Waals surface area contributed by atoms with Crippen molar-refractivity contribution in [3.8, 4) is 0 Å². The van der Waals surface area contributed by atoms with Crippen molar-refractivity contribution in [1.82, 2.24) is 9.71 Å². The maximum atomic E-state index is 12.0. The number of aromatic nitrogens is 1. The third-order valence-electron chi connectivity index (χ3n) is 2.88. The summed E-state index contributed by atoms with van der Waals surface area (Å²) >= 11 is 0.996. The Hall–Kier alpha value is -0.700. The number of hydrogen-bond acceptors (Lipinski definition) is 6. The summed E-state index contributed by atoms with van der Waals surface area (Å²) in [5.74, 6) is 0.459. The van der Waals surface area contributed by atoms with Crippen molar-refractivity contribution in [2.75, 3.05) is 25.5 Å². The average molecular weight is 291 g/mol. The van der Waals surface area contributed by atoms with Crippen LogP contribution in [0.25, 0.3) is 0 Å². The number of nitrogens with zero attached hydrogens (tertiary/aromatic N) is 1. The van der Waals surface area contributed by atoms with Gasteiger partial charge in [0.15, 0.2) is 9.34 Å². The zero-order chi connectivity index (χ0) is 13.2. The van der Waals surface area contributed by atoms with Gasteiger partial charge in [0, 0.05) is 19.8 Å². The second-order valence-electron chi connectivity index (χ2n) is 4.34. The molecule has 0 spiro atoms. The molecule has 1 aliphatic heterocycles. The molecule has 1 fully saturated rings. The molecule has 18 heavy (non-hydrogen) atoms. The quantitative estimate of drug-likeness (QED) is 0.834. The van der Waals surface area contributed by atoms with E-state index in [1.165, 1.54) is 0 Å². The Morgan fingerprint density at radius 1 is 1.61 bits per heavy atom. The summed E-state index contributed by atoms with van der Waals surface area (Å²) in [6.45, 7) is 3.58. The highest BCUT2D eigenvalue weighted by Crippen LogP contribution is 2.24. The highest BCUT2D eigenvalue weighted by atomic mass is 32.2. The fourth-order valence-electron chi connectivity index (χ4n) is 1.93. The van der Waals surface area contributed by atoms with Crippen LogP contribution < -0.4 is 10.5 Å². The predicted octanol–water partition coefficient (Wildman–Crippen LogP) is 0.739. The molecule has 1 aromatic rings. The van der Waals surface area contributed by atoms with Crippen molar-refractivity contribution >= 4 is 26.5 Å². The van der Waals surface area contributed by atoms with E-state index in [4.69, 9.17) is 10.5 Å². The Labute approximate surface area is 111 Å². The second-order valence-corrected chi connectivity index (χ2v) is 7.33. The maximum Gasteiger partial charge on any atom is 0.252 e. The molecule has 1 atom stereocenters. The molecular formula is C10H17N3O3S2.